The number of carboxylic acid groups (broad SMARTS) is 1. The molecule has 8 nitrogen and oxygen atoms in total. The predicted molar refractivity (Wildman–Crippen MR) is 268 cm³/mol. The van der Waals surface area contributed by atoms with Crippen LogP contribution in [0.15, 0.2) is 60.8 Å². The van der Waals surface area contributed by atoms with E-state index in [1.165, 1.54) is 128 Å². The van der Waals surface area contributed by atoms with Crippen molar-refractivity contribution >= 4 is 17.9 Å². The Hall–Kier alpha value is -2.97. The molecule has 0 rings (SSSR count). The summed E-state index contributed by atoms with van der Waals surface area (Å²) in [7, 11) is 5.40. The van der Waals surface area contributed by atoms with E-state index >= 15 is 0 Å². The van der Waals surface area contributed by atoms with Crippen LogP contribution >= 0.6 is 0 Å². The van der Waals surface area contributed by atoms with Crippen LogP contribution in [0.2, 0.25) is 0 Å². The molecule has 0 saturated heterocycles. The molecule has 0 aromatic rings. The second-order valence-corrected chi connectivity index (χ2v) is 18.7. The zero-order valence-corrected chi connectivity index (χ0v) is 42.2. The van der Waals surface area contributed by atoms with Gasteiger partial charge in [-0.05, 0) is 51.4 Å². The van der Waals surface area contributed by atoms with Crippen molar-refractivity contribution in [3.05, 3.63) is 60.8 Å². The van der Waals surface area contributed by atoms with Gasteiger partial charge in [0.15, 0.2) is 6.10 Å². The minimum Gasteiger partial charge on any atom is -0.544 e. The first-order valence-electron chi connectivity index (χ1n) is 26.3. The molecule has 0 radical (unpaired) electrons. The lowest BCUT2D eigenvalue weighted by molar-refractivity contribution is -0.889. The Morgan fingerprint density at radius 3 is 1.28 bits per heavy atom. The Labute approximate surface area is 394 Å². The number of quaternary nitrogens is 1. The summed E-state index contributed by atoms with van der Waals surface area (Å²) in [4.78, 5) is 37.0. The standard InChI is InChI=1S/C56H99NO7/c1-6-8-10-12-14-16-18-20-22-24-25-26-27-28-29-31-32-34-36-38-40-42-44-46-54(58)63-51-52(50-62-49-48-53(56(60)61)57(3,4)5)64-55(59)47-45-43-41-39-37-35-33-30-23-21-19-17-15-13-11-9-7-2/h9,11,15,17,21,23,33,35,39,41,52-53H,6-8,10,12-14,16,18-20,22,24-32,34,36-38,40,42-51H2,1-5H3/b11-9+,17-15+,23-21+,35-33+,41-39+. The maximum absolute atomic E-state index is 12.7. The first-order valence-corrected chi connectivity index (χ1v) is 26.3. The molecule has 2 unspecified atom stereocenters. The van der Waals surface area contributed by atoms with Gasteiger partial charge in [-0.15, -0.1) is 0 Å². The number of hydrogen-bond acceptors (Lipinski definition) is 7. The third kappa shape index (κ3) is 44.2. The van der Waals surface area contributed by atoms with Crippen LogP contribution in [0.3, 0.4) is 0 Å². The van der Waals surface area contributed by atoms with E-state index < -0.39 is 18.1 Å². The van der Waals surface area contributed by atoms with E-state index in [9.17, 15) is 19.5 Å². The number of carbonyl (C=O) groups excluding carboxylic acids is 3. The van der Waals surface area contributed by atoms with E-state index in [0.717, 1.165) is 57.8 Å². The predicted octanol–water partition coefficient (Wildman–Crippen LogP) is 14.0. The highest BCUT2D eigenvalue weighted by atomic mass is 16.6. The molecule has 0 aliphatic rings. The lowest BCUT2D eigenvalue weighted by atomic mass is 10.0. The van der Waals surface area contributed by atoms with Crippen molar-refractivity contribution in [2.45, 2.75) is 238 Å². The molecular weight excluding hydrogens is 799 g/mol. The van der Waals surface area contributed by atoms with Gasteiger partial charge in [0, 0.05) is 19.3 Å². The van der Waals surface area contributed by atoms with Crippen LogP contribution in [0.25, 0.3) is 0 Å². The highest BCUT2D eigenvalue weighted by molar-refractivity contribution is 5.70. The number of carboxylic acids is 1. The van der Waals surface area contributed by atoms with Crippen LogP contribution in [-0.2, 0) is 28.6 Å². The van der Waals surface area contributed by atoms with Crippen molar-refractivity contribution in [1.29, 1.82) is 0 Å². The van der Waals surface area contributed by atoms with Crippen LogP contribution in [0.5, 0.6) is 0 Å². The monoisotopic (exact) mass is 898 g/mol. The van der Waals surface area contributed by atoms with Gasteiger partial charge in [0.25, 0.3) is 0 Å². The van der Waals surface area contributed by atoms with E-state index in [1.807, 2.05) is 0 Å². The fraction of sp³-hybridized carbons (Fsp3) is 0.768. The highest BCUT2D eigenvalue weighted by Crippen LogP contribution is 2.16. The van der Waals surface area contributed by atoms with Crippen LogP contribution in [0.1, 0.15) is 226 Å². The Balaban J connectivity index is 4.24. The molecule has 370 valence electrons. The molecule has 2 atom stereocenters. The number of carbonyl (C=O) groups is 3. The molecule has 0 bridgehead atoms. The van der Waals surface area contributed by atoms with Gasteiger partial charge in [-0.25, -0.2) is 0 Å². The SMILES string of the molecule is CC/C=C/C/C=C/C/C=C/C/C=C/C/C=C/CCCC(=O)OC(COCCC(C(=O)[O-])[N+](C)(C)C)COC(=O)CCCCCCCCCCCCCCCCCCCCCCCCC. The van der Waals surface area contributed by atoms with E-state index in [4.69, 9.17) is 14.2 Å². The summed E-state index contributed by atoms with van der Waals surface area (Å²) in [5, 5.41) is 11.7. The molecule has 64 heavy (non-hydrogen) atoms. The summed E-state index contributed by atoms with van der Waals surface area (Å²) in [6, 6.07) is -0.738. The lowest BCUT2D eigenvalue weighted by Crippen LogP contribution is -2.55. The number of allylic oxidation sites excluding steroid dienone is 10. The minimum atomic E-state index is -1.13. The fourth-order valence-electron chi connectivity index (χ4n) is 7.64. The smallest absolute Gasteiger partial charge is 0.306 e. The molecule has 8 heteroatoms. The average molecular weight is 898 g/mol. The van der Waals surface area contributed by atoms with Crippen molar-refractivity contribution in [3.8, 4) is 0 Å². The van der Waals surface area contributed by atoms with Crippen LogP contribution in [0, 0.1) is 0 Å². The number of nitrogens with zero attached hydrogens (tertiary/aromatic N) is 1. The normalized spacial score (nSPS) is 13.3. The van der Waals surface area contributed by atoms with Crippen molar-refractivity contribution in [2.75, 3.05) is 41.0 Å². The Kier molecular flexibility index (Phi) is 44.4. The molecule has 0 N–H and O–H groups in total. The van der Waals surface area contributed by atoms with E-state index in [-0.39, 0.29) is 49.1 Å². The third-order valence-corrected chi connectivity index (χ3v) is 11.7. The van der Waals surface area contributed by atoms with Gasteiger partial charge >= 0.3 is 11.9 Å². The summed E-state index contributed by atoms with van der Waals surface area (Å²) < 4.78 is 17.2. The molecule has 0 amide bonds. The lowest BCUT2D eigenvalue weighted by Gasteiger charge is -2.34. The topological polar surface area (TPSA) is 102 Å². The summed E-state index contributed by atoms with van der Waals surface area (Å²) in [6.07, 6.45) is 58.4. The number of likely N-dealkylation sites (N-methyl/N-ethyl adjacent to an activating group) is 1. The zero-order valence-electron chi connectivity index (χ0n) is 42.2. The molecule has 0 aromatic heterocycles. The van der Waals surface area contributed by atoms with Gasteiger partial charge in [-0.1, -0.05) is 216 Å². The van der Waals surface area contributed by atoms with Gasteiger partial charge in [0.2, 0.25) is 0 Å². The maximum Gasteiger partial charge on any atom is 0.306 e. The van der Waals surface area contributed by atoms with Crippen LogP contribution in [0.4, 0.5) is 0 Å². The van der Waals surface area contributed by atoms with Crippen molar-refractivity contribution < 1.29 is 38.2 Å². The molecule has 0 saturated carbocycles. The summed E-state index contributed by atoms with van der Waals surface area (Å²) >= 11 is 0. The van der Waals surface area contributed by atoms with Gasteiger partial charge in [-0.3, -0.25) is 9.59 Å². The molecule has 0 aliphatic carbocycles. The van der Waals surface area contributed by atoms with Gasteiger partial charge in [-0.2, -0.15) is 0 Å². The summed E-state index contributed by atoms with van der Waals surface area (Å²) in [5.41, 5.74) is 0. The van der Waals surface area contributed by atoms with Crippen molar-refractivity contribution in [2.24, 2.45) is 0 Å². The van der Waals surface area contributed by atoms with Gasteiger partial charge < -0.3 is 28.6 Å². The number of esters is 2. The fourth-order valence-corrected chi connectivity index (χ4v) is 7.64. The number of ether oxygens (including phenoxy) is 3. The highest BCUT2D eigenvalue weighted by Gasteiger charge is 2.25. The maximum atomic E-state index is 12.7. The molecular formula is C56H99NO7. The minimum absolute atomic E-state index is 0.0180. The quantitative estimate of drug-likeness (QED) is 0.0259. The molecule has 0 spiro atoms. The second kappa shape index (κ2) is 46.6. The molecule has 0 aliphatic heterocycles. The zero-order chi connectivity index (χ0) is 47.0. The molecule has 0 heterocycles. The number of aliphatic carboxylic acids is 1. The summed E-state index contributed by atoms with van der Waals surface area (Å²) in [6.45, 7) is 4.51. The number of unbranched alkanes of at least 4 members (excludes halogenated alkanes) is 23. The Morgan fingerprint density at radius 2 is 0.875 bits per heavy atom. The summed E-state index contributed by atoms with van der Waals surface area (Å²) in [5.74, 6) is -1.80. The van der Waals surface area contributed by atoms with E-state index in [1.54, 1.807) is 21.1 Å². The number of rotatable bonds is 47. The number of hydrogen-bond donors (Lipinski definition) is 0. The second-order valence-electron chi connectivity index (χ2n) is 18.7. The van der Waals surface area contributed by atoms with E-state index in [2.05, 4.69) is 74.6 Å². The molecule has 0 fully saturated rings. The van der Waals surface area contributed by atoms with Crippen LogP contribution in [-0.4, -0.2) is 75.5 Å². The van der Waals surface area contributed by atoms with Crippen molar-refractivity contribution in [1.82, 2.24) is 0 Å². The first kappa shape index (κ1) is 61.0. The van der Waals surface area contributed by atoms with Gasteiger partial charge in [0.05, 0.1) is 40.3 Å². The first-order chi connectivity index (χ1) is 31.1. The Morgan fingerprint density at radius 1 is 0.484 bits per heavy atom. The van der Waals surface area contributed by atoms with Gasteiger partial charge in [0.1, 0.15) is 12.6 Å². The average Bonchev–Trinajstić information content (AvgIpc) is 3.26. The largest absolute Gasteiger partial charge is 0.544 e. The van der Waals surface area contributed by atoms with E-state index in [0.29, 0.717) is 12.8 Å². The van der Waals surface area contributed by atoms with Crippen LogP contribution < -0.4 is 5.11 Å². The Bertz CT molecular complexity index is 1230. The van der Waals surface area contributed by atoms with Crippen molar-refractivity contribution in [3.63, 3.8) is 0 Å². The third-order valence-electron chi connectivity index (χ3n) is 11.7. The molecule has 0 aromatic carbocycles.